The number of aromatic nitrogens is 2. The van der Waals surface area contributed by atoms with Crippen molar-refractivity contribution in [2.75, 3.05) is 18.1 Å². The molecule has 0 radical (unpaired) electrons. The first-order valence-electron chi connectivity index (χ1n) is 6.12. The fraction of sp³-hybridized carbons (Fsp3) is 0.667. The van der Waals surface area contributed by atoms with E-state index in [0.717, 1.165) is 23.9 Å². The second kappa shape index (κ2) is 8.16. The van der Waals surface area contributed by atoms with E-state index in [1.54, 1.807) is 24.9 Å². The minimum absolute atomic E-state index is 0.302. The van der Waals surface area contributed by atoms with Crippen LogP contribution in [0.25, 0.3) is 0 Å². The molecule has 1 aromatic heterocycles. The van der Waals surface area contributed by atoms with Gasteiger partial charge in [-0.3, -0.25) is 4.79 Å². The van der Waals surface area contributed by atoms with E-state index in [1.807, 2.05) is 13.1 Å². The lowest BCUT2D eigenvalue weighted by molar-refractivity contribution is -0.144. The highest BCUT2D eigenvalue weighted by atomic mass is 32.2. The Morgan fingerprint density at radius 1 is 1.61 bits per heavy atom. The summed E-state index contributed by atoms with van der Waals surface area (Å²) in [6.07, 6.45) is 4.43. The van der Waals surface area contributed by atoms with Crippen molar-refractivity contribution < 1.29 is 9.53 Å². The fourth-order valence-corrected chi connectivity index (χ4v) is 2.43. The maximum absolute atomic E-state index is 11.3. The lowest BCUT2D eigenvalue weighted by atomic mass is 10.2. The smallest absolute Gasteiger partial charge is 0.322 e. The maximum atomic E-state index is 11.3. The second-order valence-electron chi connectivity index (χ2n) is 3.93. The zero-order chi connectivity index (χ0) is 13.4. The van der Waals surface area contributed by atoms with Crippen LogP contribution >= 0.6 is 11.8 Å². The Morgan fingerprint density at radius 2 is 2.39 bits per heavy atom. The van der Waals surface area contributed by atoms with Gasteiger partial charge in [0.05, 0.1) is 6.61 Å². The van der Waals surface area contributed by atoms with Crippen LogP contribution in [0.5, 0.6) is 0 Å². The fourth-order valence-electron chi connectivity index (χ4n) is 1.48. The summed E-state index contributed by atoms with van der Waals surface area (Å²) < 4.78 is 6.96. The van der Waals surface area contributed by atoms with Crippen LogP contribution in [0.2, 0.25) is 0 Å². The van der Waals surface area contributed by atoms with E-state index in [4.69, 9.17) is 10.5 Å². The van der Waals surface area contributed by atoms with E-state index in [2.05, 4.69) is 9.55 Å². The molecule has 0 saturated heterocycles. The summed E-state index contributed by atoms with van der Waals surface area (Å²) in [5.41, 5.74) is 5.70. The van der Waals surface area contributed by atoms with Gasteiger partial charge in [-0.2, -0.15) is 11.8 Å². The molecule has 0 bridgehead atoms. The average Bonchev–Trinajstić information content (AvgIpc) is 2.74. The van der Waals surface area contributed by atoms with Crippen LogP contribution < -0.4 is 5.73 Å². The Kier molecular flexibility index (Phi) is 6.82. The van der Waals surface area contributed by atoms with Crippen LogP contribution in [0.4, 0.5) is 0 Å². The van der Waals surface area contributed by atoms with E-state index in [0.29, 0.717) is 13.0 Å². The number of nitrogens with two attached hydrogens (primary N) is 1. The number of esters is 1. The molecule has 1 atom stereocenters. The molecule has 0 aliphatic heterocycles. The van der Waals surface area contributed by atoms with Gasteiger partial charge in [-0.05, 0) is 26.0 Å². The molecule has 0 aliphatic carbocycles. The molecule has 0 saturated carbocycles. The zero-order valence-electron chi connectivity index (χ0n) is 11.0. The van der Waals surface area contributed by atoms with Gasteiger partial charge < -0.3 is 15.0 Å². The molecule has 1 rings (SSSR count). The Balaban J connectivity index is 2.08. The summed E-state index contributed by atoms with van der Waals surface area (Å²) in [5.74, 6) is 2.59. The average molecular weight is 271 g/mol. The minimum Gasteiger partial charge on any atom is -0.465 e. The molecule has 0 spiro atoms. The summed E-state index contributed by atoms with van der Waals surface area (Å²) in [6.45, 7) is 5.10. The number of carbonyl (C=O) groups excluding carboxylic acids is 1. The molecule has 1 aromatic rings. The van der Waals surface area contributed by atoms with Crippen LogP contribution in [-0.2, 0) is 16.1 Å². The highest BCUT2D eigenvalue weighted by Gasteiger charge is 2.13. The standard InChI is InChI=1S/C12H21N3O2S/c1-3-17-12(16)11(13)4-8-18-9-7-15-6-5-14-10(15)2/h5-6,11H,3-4,7-9,13H2,1-2H3. The summed E-state index contributed by atoms with van der Waals surface area (Å²) in [7, 11) is 0. The number of imidazole rings is 1. The topological polar surface area (TPSA) is 70.1 Å². The molecule has 18 heavy (non-hydrogen) atoms. The molecule has 5 nitrogen and oxygen atoms in total. The van der Waals surface area contributed by atoms with Crippen molar-refractivity contribution in [2.45, 2.75) is 32.9 Å². The number of hydrogen-bond acceptors (Lipinski definition) is 5. The van der Waals surface area contributed by atoms with Gasteiger partial charge >= 0.3 is 5.97 Å². The van der Waals surface area contributed by atoms with Gasteiger partial charge in [0, 0.05) is 24.7 Å². The van der Waals surface area contributed by atoms with Crippen molar-refractivity contribution in [3.8, 4) is 0 Å². The highest BCUT2D eigenvalue weighted by Crippen LogP contribution is 2.07. The van der Waals surface area contributed by atoms with Crippen LogP contribution in [0.3, 0.4) is 0 Å². The minimum atomic E-state index is -0.493. The zero-order valence-corrected chi connectivity index (χ0v) is 11.8. The third kappa shape index (κ3) is 5.10. The van der Waals surface area contributed by atoms with E-state index < -0.39 is 6.04 Å². The number of rotatable bonds is 8. The van der Waals surface area contributed by atoms with Crippen LogP contribution in [0.1, 0.15) is 19.2 Å². The Hall–Kier alpha value is -1.01. The molecule has 6 heteroatoms. The van der Waals surface area contributed by atoms with Crippen molar-refractivity contribution in [3.63, 3.8) is 0 Å². The summed E-state index contributed by atoms with van der Waals surface area (Å²) in [4.78, 5) is 15.4. The lowest BCUT2D eigenvalue weighted by Crippen LogP contribution is -2.32. The van der Waals surface area contributed by atoms with Crippen molar-refractivity contribution in [1.29, 1.82) is 0 Å². The monoisotopic (exact) mass is 271 g/mol. The largest absolute Gasteiger partial charge is 0.465 e. The lowest BCUT2D eigenvalue weighted by Gasteiger charge is -2.10. The number of carbonyl (C=O) groups is 1. The number of nitrogens with zero attached hydrogens (tertiary/aromatic N) is 2. The van der Waals surface area contributed by atoms with E-state index in [1.165, 1.54) is 0 Å². The van der Waals surface area contributed by atoms with Gasteiger partial charge in [-0.25, -0.2) is 4.98 Å². The van der Waals surface area contributed by atoms with Crippen LogP contribution in [0, 0.1) is 6.92 Å². The van der Waals surface area contributed by atoms with Crippen molar-refractivity contribution in [3.05, 3.63) is 18.2 Å². The molecular weight excluding hydrogens is 250 g/mol. The number of hydrogen-bond donors (Lipinski definition) is 1. The quantitative estimate of drug-likeness (QED) is 0.568. The molecule has 0 amide bonds. The molecule has 2 N–H and O–H groups in total. The molecule has 0 aliphatic rings. The maximum Gasteiger partial charge on any atom is 0.322 e. The van der Waals surface area contributed by atoms with Gasteiger partial charge in [0.1, 0.15) is 11.9 Å². The highest BCUT2D eigenvalue weighted by molar-refractivity contribution is 7.99. The van der Waals surface area contributed by atoms with Gasteiger partial charge in [-0.1, -0.05) is 0 Å². The SMILES string of the molecule is CCOC(=O)C(N)CCSCCn1ccnc1C. The molecule has 102 valence electrons. The van der Waals surface area contributed by atoms with E-state index >= 15 is 0 Å². The Morgan fingerprint density at radius 3 is 3.00 bits per heavy atom. The van der Waals surface area contributed by atoms with Crippen molar-refractivity contribution in [2.24, 2.45) is 5.73 Å². The van der Waals surface area contributed by atoms with Crippen LogP contribution in [-0.4, -0.2) is 39.7 Å². The van der Waals surface area contributed by atoms with Crippen molar-refractivity contribution >= 4 is 17.7 Å². The van der Waals surface area contributed by atoms with Gasteiger partial charge in [-0.15, -0.1) is 0 Å². The van der Waals surface area contributed by atoms with E-state index in [-0.39, 0.29) is 5.97 Å². The summed E-state index contributed by atoms with van der Waals surface area (Å²) >= 11 is 1.79. The Labute approximate surface area is 112 Å². The first-order valence-corrected chi connectivity index (χ1v) is 7.28. The van der Waals surface area contributed by atoms with Crippen molar-refractivity contribution in [1.82, 2.24) is 9.55 Å². The molecular formula is C12H21N3O2S. The van der Waals surface area contributed by atoms with Gasteiger partial charge in [0.2, 0.25) is 0 Å². The third-order valence-electron chi connectivity index (χ3n) is 2.56. The summed E-state index contributed by atoms with van der Waals surface area (Å²) in [6, 6.07) is -0.493. The molecule has 1 unspecified atom stereocenters. The number of ether oxygens (including phenoxy) is 1. The third-order valence-corrected chi connectivity index (χ3v) is 3.56. The Bertz CT molecular complexity index is 368. The normalized spacial score (nSPS) is 12.4. The predicted octanol–water partition coefficient (Wildman–Crippen LogP) is 1.21. The van der Waals surface area contributed by atoms with Crippen LogP contribution in [0.15, 0.2) is 12.4 Å². The van der Waals surface area contributed by atoms with E-state index in [9.17, 15) is 4.79 Å². The molecule has 0 fully saturated rings. The van der Waals surface area contributed by atoms with Gasteiger partial charge in [0.25, 0.3) is 0 Å². The first-order chi connectivity index (χ1) is 8.65. The summed E-state index contributed by atoms with van der Waals surface area (Å²) in [5, 5.41) is 0. The number of aryl methyl sites for hydroxylation is 2. The molecule has 1 heterocycles. The second-order valence-corrected chi connectivity index (χ2v) is 5.15. The predicted molar refractivity (Wildman–Crippen MR) is 73.5 cm³/mol. The molecule has 0 aromatic carbocycles. The van der Waals surface area contributed by atoms with Gasteiger partial charge in [0.15, 0.2) is 0 Å². The first kappa shape index (κ1) is 15.0. The number of thioether (sulfide) groups is 1.